The number of carbonyl (C=O) groups excluding carboxylic acids is 2. The van der Waals surface area contributed by atoms with Gasteiger partial charge in [-0.2, -0.15) is 0 Å². The zero-order valence-electron chi connectivity index (χ0n) is 17.2. The first kappa shape index (κ1) is 20.2. The quantitative estimate of drug-likeness (QED) is 0.808. The molecular formula is C21H28N2O5S. The van der Waals surface area contributed by atoms with E-state index in [0.717, 1.165) is 17.5 Å². The summed E-state index contributed by atoms with van der Waals surface area (Å²) in [5.41, 5.74) is 1.37. The summed E-state index contributed by atoms with van der Waals surface area (Å²) >= 11 is 0. The summed E-state index contributed by atoms with van der Waals surface area (Å²) in [6, 6.07) is 5.43. The van der Waals surface area contributed by atoms with Crippen molar-refractivity contribution < 1.29 is 22.7 Å². The molecule has 158 valence electrons. The van der Waals surface area contributed by atoms with Crippen molar-refractivity contribution in [3.8, 4) is 0 Å². The standard InChI is InChI=1S/C21H28N2O5S/c1-20(2)16-6-8-21(20,18(24)11-16)13-29(26,27)22-17-5-4-14-7-9-23(19(25)28-3)12-15(14)10-17/h4-5,10,16,22H,6-9,11-13H2,1-3H3/t16-,21-/m0/s1. The number of anilines is 1. The number of amides is 1. The van der Waals surface area contributed by atoms with E-state index in [2.05, 4.69) is 4.72 Å². The molecule has 29 heavy (non-hydrogen) atoms. The van der Waals surface area contributed by atoms with Crippen LogP contribution in [0.2, 0.25) is 0 Å². The molecule has 2 atom stereocenters. The van der Waals surface area contributed by atoms with Crippen LogP contribution >= 0.6 is 0 Å². The van der Waals surface area contributed by atoms with Crippen molar-refractivity contribution in [2.45, 2.75) is 46.1 Å². The fraction of sp³-hybridized carbons (Fsp3) is 0.619. The van der Waals surface area contributed by atoms with Crippen LogP contribution in [0.15, 0.2) is 18.2 Å². The Balaban J connectivity index is 1.54. The zero-order chi connectivity index (χ0) is 21.0. The highest BCUT2D eigenvalue weighted by atomic mass is 32.2. The van der Waals surface area contributed by atoms with Gasteiger partial charge >= 0.3 is 6.09 Å². The van der Waals surface area contributed by atoms with Gasteiger partial charge in [0.15, 0.2) is 0 Å². The van der Waals surface area contributed by atoms with Crippen LogP contribution in [-0.2, 0) is 32.5 Å². The maximum atomic E-state index is 13.0. The molecule has 4 rings (SSSR count). The van der Waals surface area contributed by atoms with Gasteiger partial charge in [0.25, 0.3) is 0 Å². The van der Waals surface area contributed by atoms with Gasteiger partial charge in [0.1, 0.15) is 5.78 Å². The Labute approximate surface area is 171 Å². The van der Waals surface area contributed by atoms with Crippen LogP contribution in [0, 0.1) is 16.7 Å². The Hall–Kier alpha value is -2.09. The molecule has 1 heterocycles. The molecule has 1 aromatic carbocycles. The average Bonchev–Trinajstić information content (AvgIpc) is 3.00. The molecule has 0 aromatic heterocycles. The van der Waals surface area contributed by atoms with Crippen molar-refractivity contribution in [1.82, 2.24) is 4.90 Å². The number of hydrogen-bond acceptors (Lipinski definition) is 5. The molecule has 0 spiro atoms. The third-order valence-corrected chi connectivity index (χ3v) is 8.92. The van der Waals surface area contributed by atoms with E-state index in [9.17, 15) is 18.0 Å². The van der Waals surface area contributed by atoms with E-state index >= 15 is 0 Å². The number of sulfonamides is 1. The van der Waals surface area contributed by atoms with Gasteiger partial charge in [0.05, 0.1) is 18.3 Å². The number of nitrogens with one attached hydrogen (secondary N) is 1. The Bertz CT molecular complexity index is 971. The molecule has 0 unspecified atom stereocenters. The minimum atomic E-state index is -3.70. The molecule has 8 heteroatoms. The second-order valence-electron chi connectivity index (χ2n) is 9.15. The van der Waals surface area contributed by atoms with E-state index in [1.54, 1.807) is 17.0 Å². The predicted octanol–water partition coefficient (Wildman–Crippen LogP) is 2.95. The highest BCUT2D eigenvalue weighted by Gasteiger charge is 2.65. The molecule has 0 radical (unpaired) electrons. The van der Waals surface area contributed by atoms with Gasteiger partial charge in [-0.1, -0.05) is 19.9 Å². The van der Waals surface area contributed by atoms with Crippen molar-refractivity contribution in [2.75, 3.05) is 24.1 Å². The summed E-state index contributed by atoms with van der Waals surface area (Å²) in [6.07, 6.45) is 2.35. The van der Waals surface area contributed by atoms with Crippen LogP contribution in [0.3, 0.4) is 0 Å². The lowest BCUT2D eigenvalue weighted by Gasteiger charge is -2.36. The lowest BCUT2D eigenvalue weighted by molar-refractivity contribution is -0.128. The summed E-state index contributed by atoms with van der Waals surface area (Å²) in [4.78, 5) is 26.1. The molecule has 1 aliphatic heterocycles. The van der Waals surface area contributed by atoms with Crippen molar-refractivity contribution in [3.63, 3.8) is 0 Å². The lowest BCUT2D eigenvalue weighted by Crippen LogP contribution is -2.43. The fourth-order valence-electron chi connectivity index (χ4n) is 5.55. The first-order chi connectivity index (χ1) is 13.6. The molecule has 1 aromatic rings. The van der Waals surface area contributed by atoms with Crippen molar-refractivity contribution in [3.05, 3.63) is 29.3 Å². The van der Waals surface area contributed by atoms with E-state index in [0.29, 0.717) is 38.0 Å². The van der Waals surface area contributed by atoms with Gasteiger partial charge in [-0.05, 0) is 53.9 Å². The minimum absolute atomic E-state index is 0.0864. The summed E-state index contributed by atoms with van der Waals surface area (Å²) < 4.78 is 33.5. The molecule has 2 aliphatic carbocycles. The van der Waals surface area contributed by atoms with E-state index in [1.165, 1.54) is 7.11 Å². The minimum Gasteiger partial charge on any atom is -0.453 e. The van der Waals surface area contributed by atoms with E-state index in [4.69, 9.17) is 4.74 Å². The topological polar surface area (TPSA) is 92.8 Å². The Kier molecular flexibility index (Phi) is 4.68. The van der Waals surface area contributed by atoms with Gasteiger partial charge in [0.2, 0.25) is 10.0 Å². The molecular weight excluding hydrogens is 392 g/mol. The van der Waals surface area contributed by atoms with Crippen LogP contribution in [0.4, 0.5) is 10.5 Å². The van der Waals surface area contributed by atoms with Gasteiger partial charge in [-0.15, -0.1) is 0 Å². The average molecular weight is 421 g/mol. The van der Waals surface area contributed by atoms with Gasteiger partial charge in [-0.3, -0.25) is 9.52 Å². The zero-order valence-corrected chi connectivity index (χ0v) is 18.0. The van der Waals surface area contributed by atoms with Crippen LogP contribution < -0.4 is 4.72 Å². The lowest BCUT2D eigenvalue weighted by atomic mass is 9.70. The molecule has 2 fully saturated rings. The maximum Gasteiger partial charge on any atom is 0.409 e. The highest BCUT2D eigenvalue weighted by molar-refractivity contribution is 7.92. The van der Waals surface area contributed by atoms with Crippen LogP contribution in [-0.4, -0.2) is 44.6 Å². The first-order valence-corrected chi connectivity index (χ1v) is 11.7. The summed E-state index contributed by atoms with van der Waals surface area (Å²) in [6.45, 7) is 5.02. The number of ether oxygens (including phenoxy) is 1. The number of fused-ring (bicyclic) bond motifs is 3. The predicted molar refractivity (Wildman–Crippen MR) is 109 cm³/mol. The highest BCUT2D eigenvalue weighted by Crippen LogP contribution is 2.64. The van der Waals surface area contributed by atoms with Crippen molar-refractivity contribution in [1.29, 1.82) is 0 Å². The SMILES string of the molecule is COC(=O)N1CCc2ccc(NS(=O)(=O)C[C@@]34CC[C@@H](CC3=O)C4(C)C)cc2C1. The summed E-state index contributed by atoms with van der Waals surface area (Å²) in [5, 5.41) is 0. The van der Waals surface area contributed by atoms with Crippen molar-refractivity contribution >= 4 is 27.6 Å². The molecule has 7 nitrogen and oxygen atoms in total. The second kappa shape index (κ2) is 6.72. The normalized spacial score (nSPS) is 27.6. The number of carbonyl (C=O) groups is 2. The molecule has 2 bridgehead atoms. The number of hydrogen-bond donors (Lipinski definition) is 1. The third-order valence-electron chi connectivity index (χ3n) is 7.50. The van der Waals surface area contributed by atoms with E-state index in [-0.39, 0.29) is 22.9 Å². The van der Waals surface area contributed by atoms with Crippen LogP contribution in [0.1, 0.15) is 44.2 Å². The molecule has 1 N–H and O–H groups in total. The fourth-order valence-corrected chi connectivity index (χ4v) is 7.44. The smallest absolute Gasteiger partial charge is 0.409 e. The van der Waals surface area contributed by atoms with Gasteiger partial charge in [-0.25, -0.2) is 13.2 Å². The third kappa shape index (κ3) is 3.21. The monoisotopic (exact) mass is 420 g/mol. The van der Waals surface area contributed by atoms with E-state index in [1.807, 2.05) is 19.9 Å². The molecule has 0 saturated heterocycles. The number of nitrogens with zero attached hydrogens (tertiary/aromatic N) is 1. The number of ketones is 1. The van der Waals surface area contributed by atoms with Gasteiger partial charge in [0, 0.05) is 25.2 Å². The van der Waals surface area contributed by atoms with Crippen LogP contribution in [0.5, 0.6) is 0 Å². The maximum absolute atomic E-state index is 13.0. The number of benzene rings is 1. The Morgan fingerprint density at radius 1 is 1.31 bits per heavy atom. The van der Waals surface area contributed by atoms with Crippen LogP contribution in [0.25, 0.3) is 0 Å². The Morgan fingerprint density at radius 3 is 2.69 bits per heavy atom. The molecule has 3 aliphatic rings. The second-order valence-corrected chi connectivity index (χ2v) is 10.9. The van der Waals surface area contributed by atoms with Gasteiger partial charge < -0.3 is 9.64 Å². The summed E-state index contributed by atoms with van der Waals surface area (Å²) in [7, 11) is -2.35. The molecule has 2 saturated carbocycles. The molecule has 1 amide bonds. The summed E-state index contributed by atoms with van der Waals surface area (Å²) in [5.74, 6) is 0.190. The Morgan fingerprint density at radius 2 is 2.07 bits per heavy atom. The first-order valence-electron chi connectivity index (χ1n) is 10.1. The number of Topliss-reactive ketones (excluding diaryl/α,β-unsaturated/α-hetero) is 1. The number of methoxy groups -OCH3 is 1. The largest absolute Gasteiger partial charge is 0.453 e. The van der Waals surface area contributed by atoms with Crippen molar-refractivity contribution in [2.24, 2.45) is 16.7 Å². The van der Waals surface area contributed by atoms with E-state index < -0.39 is 21.5 Å². The number of rotatable bonds is 4.